The maximum atomic E-state index is 11.7. The number of nitrogens with zero attached hydrogens (tertiary/aromatic N) is 1. The van der Waals surface area contributed by atoms with Gasteiger partial charge < -0.3 is 19.2 Å². The quantitative estimate of drug-likeness (QED) is 0.805. The number of aldehydes is 1. The van der Waals surface area contributed by atoms with Crippen molar-refractivity contribution in [3.05, 3.63) is 77.2 Å². The van der Waals surface area contributed by atoms with E-state index in [1.54, 1.807) is 0 Å². The minimum atomic E-state index is -0.266. The van der Waals surface area contributed by atoms with Gasteiger partial charge in [0.05, 0.1) is 19.1 Å². The Balaban J connectivity index is 1.67. The number of para-hydroxylation sites is 1. The second-order valence-corrected chi connectivity index (χ2v) is 6.37. The van der Waals surface area contributed by atoms with Crippen LogP contribution in [0.4, 0.5) is 0 Å². The van der Waals surface area contributed by atoms with E-state index in [0.29, 0.717) is 13.2 Å². The number of carbonyl (C=O) groups excluding carboxylic acids is 1. The molecule has 4 heteroatoms. The predicted molar refractivity (Wildman–Crippen MR) is 95.6 cm³/mol. The molecule has 25 heavy (non-hydrogen) atoms. The summed E-state index contributed by atoms with van der Waals surface area (Å²) in [4.78, 5) is 13.8. The van der Waals surface area contributed by atoms with Crippen molar-refractivity contribution in [2.24, 2.45) is 0 Å². The third kappa shape index (κ3) is 3.30. The largest absolute Gasteiger partial charge is 0.441 e. The van der Waals surface area contributed by atoms with Crippen LogP contribution < -0.4 is 4.74 Å². The number of ether oxygens (including phenoxy) is 2. The first-order valence-corrected chi connectivity index (χ1v) is 8.68. The lowest BCUT2D eigenvalue weighted by Gasteiger charge is -2.34. The highest BCUT2D eigenvalue weighted by Crippen LogP contribution is 2.38. The number of rotatable bonds is 4. The average Bonchev–Trinajstić information content (AvgIpc) is 2.69. The molecular formula is C21H21NO3. The van der Waals surface area contributed by atoms with Gasteiger partial charge in [0.2, 0.25) is 0 Å². The first-order valence-electron chi connectivity index (χ1n) is 8.68. The number of benzene rings is 2. The maximum Gasteiger partial charge on any atom is 0.193 e. The Bertz CT molecular complexity index is 779. The van der Waals surface area contributed by atoms with Gasteiger partial charge in [0.1, 0.15) is 12.0 Å². The lowest BCUT2D eigenvalue weighted by molar-refractivity contribution is -0.108. The second kappa shape index (κ2) is 7.11. The van der Waals surface area contributed by atoms with E-state index >= 15 is 0 Å². The van der Waals surface area contributed by atoms with Gasteiger partial charge in [-0.2, -0.15) is 0 Å². The third-order valence-corrected chi connectivity index (χ3v) is 4.72. The third-order valence-electron chi connectivity index (χ3n) is 4.72. The number of morpholine rings is 1. The summed E-state index contributed by atoms with van der Waals surface area (Å²) in [6.45, 7) is 2.94. The summed E-state index contributed by atoms with van der Waals surface area (Å²) in [5.41, 5.74) is 3.28. The summed E-state index contributed by atoms with van der Waals surface area (Å²) in [7, 11) is 0. The highest BCUT2D eigenvalue weighted by atomic mass is 16.5. The highest BCUT2D eigenvalue weighted by molar-refractivity contribution is 5.70. The molecule has 2 aromatic rings. The lowest BCUT2D eigenvalue weighted by Crippen LogP contribution is -2.38. The minimum absolute atomic E-state index is 0.266. The van der Waals surface area contributed by atoms with Crippen LogP contribution in [0.25, 0.3) is 0 Å². The van der Waals surface area contributed by atoms with Gasteiger partial charge in [0.15, 0.2) is 5.88 Å². The zero-order valence-electron chi connectivity index (χ0n) is 14.1. The maximum absolute atomic E-state index is 11.7. The Hall–Kier alpha value is -2.59. The number of hydrogen-bond donors (Lipinski definition) is 0. The summed E-state index contributed by atoms with van der Waals surface area (Å²) in [5, 5.41) is 0. The fraction of sp³-hybridized carbons (Fsp3) is 0.286. The van der Waals surface area contributed by atoms with E-state index in [1.165, 1.54) is 5.56 Å². The fourth-order valence-corrected chi connectivity index (χ4v) is 3.39. The van der Waals surface area contributed by atoms with Gasteiger partial charge in [0.25, 0.3) is 0 Å². The Kier molecular flexibility index (Phi) is 4.53. The molecule has 1 atom stereocenters. The Morgan fingerprint density at radius 3 is 2.60 bits per heavy atom. The molecule has 2 aliphatic rings. The molecule has 0 aromatic heterocycles. The van der Waals surface area contributed by atoms with Crippen LogP contribution >= 0.6 is 0 Å². The molecule has 1 unspecified atom stereocenters. The monoisotopic (exact) mass is 335 g/mol. The molecule has 1 fully saturated rings. The minimum Gasteiger partial charge on any atom is -0.441 e. The molecule has 0 amide bonds. The second-order valence-electron chi connectivity index (χ2n) is 6.37. The zero-order valence-corrected chi connectivity index (χ0v) is 14.1. The van der Waals surface area contributed by atoms with Crippen LogP contribution in [0.3, 0.4) is 0 Å². The van der Waals surface area contributed by atoms with Gasteiger partial charge in [-0.05, 0) is 17.2 Å². The van der Waals surface area contributed by atoms with E-state index in [2.05, 4.69) is 23.1 Å². The molecule has 4 nitrogen and oxygen atoms in total. The van der Waals surface area contributed by atoms with Crippen LogP contribution in [-0.4, -0.2) is 37.5 Å². The fourth-order valence-electron chi connectivity index (χ4n) is 3.39. The van der Waals surface area contributed by atoms with Gasteiger partial charge in [-0.1, -0.05) is 48.5 Å². The van der Waals surface area contributed by atoms with E-state index in [-0.39, 0.29) is 5.92 Å². The Morgan fingerprint density at radius 1 is 1.04 bits per heavy atom. The Morgan fingerprint density at radius 2 is 1.84 bits per heavy atom. The van der Waals surface area contributed by atoms with Crippen LogP contribution in [0.5, 0.6) is 5.75 Å². The smallest absolute Gasteiger partial charge is 0.193 e. The van der Waals surface area contributed by atoms with Crippen molar-refractivity contribution < 1.29 is 14.3 Å². The summed E-state index contributed by atoms with van der Waals surface area (Å²) in [6.07, 6.45) is 3.70. The van der Waals surface area contributed by atoms with Crippen molar-refractivity contribution in [2.45, 2.75) is 12.3 Å². The lowest BCUT2D eigenvalue weighted by atomic mass is 9.92. The normalized spacial score (nSPS) is 19.6. The van der Waals surface area contributed by atoms with Crippen molar-refractivity contribution >= 4 is 6.29 Å². The molecule has 0 saturated carbocycles. The first kappa shape index (κ1) is 15.9. The standard InChI is InChI=1S/C21H21NO3/c23-15-18-14-20(22-9-11-24-12-10-22)25-21-17(7-4-8-19(18)21)13-16-5-2-1-3-6-16/h1-8,14-15,18H,9-13H2. The van der Waals surface area contributed by atoms with E-state index in [0.717, 1.165) is 48.6 Å². The van der Waals surface area contributed by atoms with Crippen LogP contribution in [0, 0.1) is 0 Å². The molecule has 128 valence electrons. The van der Waals surface area contributed by atoms with Crippen molar-refractivity contribution in [3.8, 4) is 5.75 Å². The molecule has 1 saturated heterocycles. The van der Waals surface area contributed by atoms with E-state index in [1.807, 2.05) is 36.4 Å². The molecule has 0 spiro atoms. The van der Waals surface area contributed by atoms with Gasteiger partial charge in [-0.25, -0.2) is 0 Å². The van der Waals surface area contributed by atoms with Crippen molar-refractivity contribution in [3.63, 3.8) is 0 Å². The Labute approximate surface area is 147 Å². The van der Waals surface area contributed by atoms with Crippen molar-refractivity contribution in [1.82, 2.24) is 4.90 Å². The highest BCUT2D eigenvalue weighted by Gasteiger charge is 2.27. The summed E-state index contributed by atoms with van der Waals surface area (Å²) >= 11 is 0. The van der Waals surface area contributed by atoms with Gasteiger partial charge >= 0.3 is 0 Å². The number of allylic oxidation sites excluding steroid dienone is 1. The number of carbonyl (C=O) groups is 1. The van der Waals surface area contributed by atoms with Crippen molar-refractivity contribution in [2.75, 3.05) is 26.3 Å². The number of fused-ring (bicyclic) bond motifs is 1. The van der Waals surface area contributed by atoms with Gasteiger partial charge in [-0.15, -0.1) is 0 Å². The van der Waals surface area contributed by atoms with Crippen molar-refractivity contribution in [1.29, 1.82) is 0 Å². The topological polar surface area (TPSA) is 38.8 Å². The van der Waals surface area contributed by atoms with E-state index < -0.39 is 0 Å². The summed E-state index contributed by atoms with van der Waals surface area (Å²) < 4.78 is 11.7. The SMILES string of the molecule is O=CC1C=C(N2CCOCC2)Oc2c(Cc3ccccc3)cccc21. The van der Waals surface area contributed by atoms with Crippen LogP contribution in [0.2, 0.25) is 0 Å². The van der Waals surface area contributed by atoms with E-state index in [4.69, 9.17) is 9.47 Å². The zero-order chi connectivity index (χ0) is 17.1. The molecule has 0 N–H and O–H groups in total. The summed E-state index contributed by atoms with van der Waals surface area (Å²) in [5.74, 6) is 1.33. The molecule has 0 radical (unpaired) electrons. The molecular weight excluding hydrogens is 314 g/mol. The van der Waals surface area contributed by atoms with Crippen LogP contribution in [0.1, 0.15) is 22.6 Å². The average molecular weight is 335 g/mol. The summed E-state index contributed by atoms with van der Waals surface area (Å²) in [6, 6.07) is 16.4. The van der Waals surface area contributed by atoms with E-state index in [9.17, 15) is 4.79 Å². The number of hydrogen-bond acceptors (Lipinski definition) is 4. The first-order chi connectivity index (χ1) is 12.3. The van der Waals surface area contributed by atoms with Crippen LogP contribution in [0.15, 0.2) is 60.5 Å². The molecule has 2 aliphatic heterocycles. The molecule has 0 aliphatic carbocycles. The molecule has 2 aromatic carbocycles. The molecule has 2 heterocycles. The molecule has 4 rings (SSSR count). The predicted octanol–water partition coefficient (Wildman–Crippen LogP) is 3.13. The van der Waals surface area contributed by atoms with Gasteiger partial charge in [-0.3, -0.25) is 0 Å². The van der Waals surface area contributed by atoms with Gasteiger partial charge in [0, 0.05) is 25.1 Å². The van der Waals surface area contributed by atoms with Crippen LogP contribution in [-0.2, 0) is 16.0 Å². The molecule has 0 bridgehead atoms.